The number of carbonyl (C=O) groups is 1. The third kappa shape index (κ3) is 4.08. The first-order chi connectivity index (χ1) is 9.90. The second-order valence-electron chi connectivity index (χ2n) is 4.80. The van der Waals surface area contributed by atoms with Crippen LogP contribution in [0.2, 0.25) is 0 Å². The normalized spacial score (nSPS) is 17.8. The van der Waals surface area contributed by atoms with Crippen LogP contribution >= 0.6 is 0 Å². The minimum absolute atomic E-state index is 0.203. The van der Waals surface area contributed by atoms with Crippen molar-refractivity contribution in [2.24, 2.45) is 0 Å². The largest absolute Gasteiger partial charge is 0.477 e. The Kier molecular flexibility index (Phi) is 4.69. The third-order valence-corrected chi connectivity index (χ3v) is 3.87. The maximum Gasteiger partial charge on any atom is 0.262 e. The highest BCUT2D eigenvalue weighted by atomic mass is 32.2. The minimum Gasteiger partial charge on any atom is -0.477 e. The molecule has 1 aliphatic heterocycles. The maximum absolute atomic E-state index is 11.8. The number of nitrogens with zero attached hydrogens (tertiary/aromatic N) is 1. The molecule has 1 aliphatic rings. The predicted molar refractivity (Wildman–Crippen MR) is 80.0 cm³/mol. The molecule has 0 bridgehead atoms. The summed E-state index contributed by atoms with van der Waals surface area (Å²) in [6, 6.07) is 7.38. The van der Waals surface area contributed by atoms with E-state index < -0.39 is 16.1 Å². The summed E-state index contributed by atoms with van der Waals surface area (Å²) >= 11 is 0. The van der Waals surface area contributed by atoms with Gasteiger partial charge < -0.3 is 15.0 Å². The zero-order valence-corrected chi connectivity index (χ0v) is 12.8. The van der Waals surface area contributed by atoms with E-state index in [1.807, 2.05) is 23.1 Å². The SMILES string of the molecule is CNC(=O)C1CN(CCNS(C)(=O)=O)c2ccccc2O1. The summed E-state index contributed by atoms with van der Waals surface area (Å²) in [6.07, 6.45) is 0.510. The minimum atomic E-state index is -3.22. The number of hydrogen-bond acceptors (Lipinski definition) is 5. The van der Waals surface area contributed by atoms with Crippen LogP contribution in [0, 0.1) is 0 Å². The van der Waals surface area contributed by atoms with E-state index in [4.69, 9.17) is 4.74 Å². The van der Waals surface area contributed by atoms with Crippen LogP contribution < -0.4 is 19.7 Å². The lowest BCUT2D eigenvalue weighted by atomic mass is 10.2. The molecule has 0 aliphatic carbocycles. The average Bonchev–Trinajstić information content (AvgIpc) is 2.44. The van der Waals surface area contributed by atoms with Crippen molar-refractivity contribution in [1.82, 2.24) is 10.0 Å². The Morgan fingerprint density at radius 1 is 1.43 bits per heavy atom. The number of sulfonamides is 1. The summed E-state index contributed by atoms with van der Waals surface area (Å²) in [5, 5.41) is 2.56. The molecule has 0 radical (unpaired) electrons. The summed E-state index contributed by atoms with van der Waals surface area (Å²) in [5.74, 6) is 0.419. The van der Waals surface area contributed by atoms with Crippen molar-refractivity contribution in [2.75, 3.05) is 37.8 Å². The molecule has 8 heteroatoms. The molecule has 0 spiro atoms. The zero-order chi connectivity index (χ0) is 15.5. The molecule has 1 aromatic rings. The van der Waals surface area contributed by atoms with Crippen LogP contribution in [0.25, 0.3) is 0 Å². The zero-order valence-electron chi connectivity index (χ0n) is 12.0. The van der Waals surface area contributed by atoms with Crippen molar-refractivity contribution < 1.29 is 17.9 Å². The van der Waals surface area contributed by atoms with Gasteiger partial charge in [-0.1, -0.05) is 12.1 Å². The summed E-state index contributed by atoms with van der Waals surface area (Å²) in [6.45, 7) is 1.11. The molecule has 1 atom stereocenters. The molecule has 1 amide bonds. The van der Waals surface area contributed by atoms with Gasteiger partial charge in [-0.15, -0.1) is 0 Å². The maximum atomic E-state index is 11.8. The smallest absolute Gasteiger partial charge is 0.262 e. The number of rotatable bonds is 5. The van der Waals surface area contributed by atoms with Crippen LogP contribution in [-0.2, 0) is 14.8 Å². The van der Waals surface area contributed by atoms with E-state index in [1.165, 1.54) is 0 Å². The first kappa shape index (κ1) is 15.6. The number of amides is 1. The van der Waals surface area contributed by atoms with E-state index >= 15 is 0 Å². The van der Waals surface area contributed by atoms with Crippen molar-refractivity contribution in [1.29, 1.82) is 0 Å². The first-order valence-electron chi connectivity index (χ1n) is 6.57. The Morgan fingerprint density at radius 2 is 2.14 bits per heavy atom. The van der Waals surface area contributed by atoms with Gasteiger partial charge in [0.1, 0.15) is 5.75 Å². The van der Waals surface area contributed by atoms with Crippen molar-refractivity contribution in [2.45, 2.75) is 6.10 Å². The van der Waals surface area contributed by atoms with Crippen LogP contribution in [0.15, 0.2) is 24.3 Å². The van der Waals surface area contributed by atoms with Gasteiger partial charge in [-0.2, -0.15) is 0 Å². The van der Waals surface area contributed by atoms with Gasteiger partial charge in [-0.25, -0.2) is 13.1 Å². The number of carbonyl (C=O) groups excluding carboxylic acids is 1. The van der Waals surface area contributed by atoms with Gasteiger partial charge in [0.05, 0.1) is 18.5 Å². The number of anilines is 1. The number of hydrogen-bond donors (Lipinski definition) is 2. The molecular weight excluding hydrogens is 294 g/mol. The Labute approximate surface area is 124 Å². The third-order valence-electron chi connectivity index (χ3n) is 3.15. The fourth-order valence-electron chi connectivity index (χ4n) is 2.18. The standard InChI is InChI=1S/C13H19N3O4S/c1-14-13(17)12-9-16(8-7-15-21(2,18)19)10-5-3-4-6-11(10)20-12/h3-6,12,15H,7-9H2,1-2H3,(H,14,17). The fourth-order valence-corrected chi connectivity index (χ4v) is 2.64. The van der Waals surface area contributed by atoms with E-state index in [9.17, 15) is 13.2 Å². The predicted octanol–water partition coefficient (Wildman–Crippen LogP) is -0.451. The van der Waals surface area contributed by atoms with Crippen molar-refractivity contribution in [3.8, 4) is 5.75 Å². The number of benzene rings is 1. The van der Waals surface area contributed by atoms with Crippen LogP contribution in [0.1, 0.15) is 0 Å². The van der Waals surface area contributed by atoms with Gasteiger partial charge in [0.15, 0.2) is 6.10 Å². The van der Waals surface area contributed by atoms with Gasteiger partial charge in [0.2, 0.25) is 10.0 Å². The van der Waals surface area contributed by atoms with Crippen molar-refractivity contribution in [3.05, 3.63) is 24.3 Å². The number of likely N-dealkylation sites (N-methyl/N-ethyl adjacent to an activating group) is 1. The number of nitrogens with one attached hydrogen (secondary N) is 2. The Bertz CT molecular complexity index is 618. The van der Waals surface area contributed by atoms with Gasteiger partial charge >= 0.3 is 0 Å². The lowest BCUT2D eigenvalue weighted by Gasteiger charge is -2.35. The Hall–Kier alpha value is -1.80. The molecule has 7 nitrogen and oxygen atoms in total. The highest BCUT2D eigenvalue weighted by Crippen LogP contribution is 2.32. The van der Waals surface area contributed by atoms with Gasteiger partial charge in [-0.05, 0) is 12.1 Å². The molecule has 116 valence electrons. The molecule has 1 unspecified atom stereocenters. The molecule has 0 saturated heterocycles. The van der Waals surface area contributed by atoms with E-state index in [2.05, 4.69) is 10.0 Å². The Morgan fingerprint density at radius 3 is 2.81 bits per heavy atom. The summed E-state index contributed by atoms with van der Waals surface area (Å²) in [5.41, 5.74) is 0.855. The molecule has 2 rings (SSSR count). The summed E-state index contributed by atoms with van der Waals surface area (Å²) in [4.78, 5) is 13.7. The quantitative estimate of drug-likeness (QED) is 0.769. The monoisotopic (exact) mass is 313 g/mol. The molecule has 1 heterocycles. The highest BCUT2D eigenvalue weighted by molar-refractivity contribution is 7.88. The first-order valence-corrected chi connectivity index (χ1v) is 8.46. The summed E-state index contributed by atoms with van der Waals surface area (Å²) < 4.78 is 30.4. The molecule has 0 fully saturated rings. The van der Waals surface area contributed by atoms with Crippen LogP contribution in [-0.4, -0.2) is 53.4 Å². The van der Waals surface area contributed by atoms with Gasteiger partial charge in [0, 0.05) is 20.1 Å². The van der Waals surface area contributed by atoms with Crippen LogP contribution in [0.3, 0.4) is 0 Å². The fraction of sp³-hybridized carbons (Fsp3) is 0.462. The number of ether oxygens (including phenoxy) is 1. The van der Waals surface area contributed by atoms with E-state index in [1.54, 1.807) is 13.1 Å². The van der Waals surface area contributed by atoms with E-state index in [-0.39, 0.29) is 12.5 Å². The Balaban J connectivity index is 2.13. The molecule has 0 aromatic heterocycles. The summed E-state index contributed by atoms with van der Waals surface area (Å²) in [7, 11) is -1.67. The lowest BCUT2D eigenvalue weighted by molar-refractivity contribution is -0.127. The van der Waals surface area contributed by atoms with Crippen LogP contribution in [0.4, 0.5) is 5.69 Å². The average molecular weight is 313 g/mol. The molecule has 21 heavy (non-hydrogen) atoms. The molecule has 1 aromatic carbocycles. The highest BCUT2D eigenvalue weighted by Gasteiger charge is 2.29. The van der Waals surface area contributed by atoms with Crippen molar-refractivity contribution in [3.63, 3.8) is 0 Å². The lowest BCUT2D eigenvalue weighted by Crippen LogP contribution is -2.49. The molecular formula is C13H19N3O4S. The molecule has 2 N–H and O–H groups in total. The molecule has 0 saturated carbocycles. The van der Waals surface area contributed by atoms with Gasteiger partial charge in [-0.3, -0.25) is 4.79 Å². The number of fused-ring (bicyclic) bond motifs is 1. The number of para-hydroxylation sites is 2. The van der Waals surface area contributed by atoms with E-state index in [0.717, 1.165) is 11.9 Å². The topological polar surface area (TPSA) is 87.7 Å². The van der Waals surface area contributed by atoms with Crippen LogP contribution in [0.5, 0.6) is 5.75 Å². The second-order valence-corrected chi connectivity index (χ2v) is 6.63. The van der Waals surface area contributed by atoms with Gasteiger partial charge in [0.25, 0.3) is 5.91 Å². The second kappa shape index (κ2) is 6.31. The van der Waals surface area contributed by atoms with Crippen molar-refractivity contribution >= 4 is 21.6 Å². The van der Waals surface area contributed by atoms with E-state index in [0.29, 0.717) is 18.8 Å².